The van der Waals surface area contributed by atoms with Crippen LogP contribution < -0.4 is 10.1 Å². The van der Waals surface area contributed by atoms with Crippen molar-refractivity contribution in [3.05, 3.63) is 29.1 Å². The van der Waals surface area contributed by atoms with Crippen molar-refractivity contribution < 1.29 is 36.6 Å². The summed E-state index contributed by atoms with van der Waals surface area (Å²) in [5.41, 5.74) is 1.13. The summed E-state index contributed by atoms with van der Waals surface area (Å²) in [6, 6.07) is 2.60. The molecule has 1 aliphatic heterocycles. The number of ether oxygens (including phenoxy) is 3. The molecule has 0 saturated heterocycles. The normalized spacial score (nSPS) is 15.4. The number of benzene rings is 1. The fraction of sp³-hybridized carbons (Fsp3) is 0.533. The van der Waals surface area contributed by atoms with Crippen LogP contribution in [0.1, 0.15) is 18.1 Å². The zero-order valence-electron chi connectivity index (χ0n) is 12.9. The van der Waals surface area contributed by atoms with E-state index in [0.29, 0.717) is 16.9 Å². The molecule has 134 valence electrons. The van der Waals surface area contributed by atoms with Gasteiger partial charge in [0.2, 0.25) is 5.91 Å². The molecule has 1 atom stereocenters. The van der Waals surface area contributed by atoms with Crippen molar-refractivity contribution in [1.29, 1.82) is 0 Å². The third-order valence-electron chi connectivity index (χ3n) is 3.31. The van der Waals surface area contributed by atoms with Crippen LogP contribution in [-0.4, -0.2) is 38.1 Å². The molecule has 0 bridgehead atoms. The highest BCUT2D eigenvalue weighted by molar-refractivity contribution is 5.80. The van der Waals surface area contributed by atoms with Gasteiger partial charge in [0.25, 0.3) is 0 Å². The van der Waals surface area contributed by atoms with Gasteiger partial charge in [-0.15, -0.1) is 0 Å². The predicted octanol–water partition coefficient (Wildman–Crippen LogP) is 2.32. The first-order valence-corrected chi connectivity index (χ1v) is 7.24. The second kappa shape index (κ2) is 7.80. The maximum Gasteiger partial charge on any atom is 0.411 e. The Balaban J connectivity index is 1.86. The Bertz CT molecular complexity index is 592. The lowest BCUT2D eigenvalue weighted by atomic mass is 10.1. The number of rotatable bonds is 6. The van der Waals surface area contributed by atoms with Gasteiger partial charge in [0.15, 0.2) is 6.79 Å². The highest BCUT2D eigenvalue weighted by atomic mass is 19.4. The van der Waals surface area contributed by atoms with Gasteiger partial charge in [-0.1, -0.05) is 0 Å². The Morgan fingerprint density at radius 1 is 1.42 bits per heavy atom. The first-order valence-electron chi connectivity index (χ1n) is 7.24. The van der Waals surface area contributed by atoms with Crippen molar-refractivity contribution in [3.63, 3.8) is 0 Å². The maximum absolute atomic E-state index is 13.6. The molecule has 1 N–H and O–H groups in total. The highest BCUT2D eigenvalue weighted by Crippen LogP contribution is 2.29. The summed E-state index contributed by atoms with van der Waals surface area (Å²) in [6.07, 6.45) is -5.47. The number of amides is 1. The molecule has 0 saturated carbocycles. The lowest BCUT2D eigenvalue weighted by Gasteiger charge is -2.21. The second-order valence-electron chi connectivity index (χ2n) is 5.27. The van der Waals surface area contributed by atoms with Crippen LogP contribution in [0, 0.1) is 5.82 Å². The Hall–Kier alpha value is -1.87. The summed E-state index contributed by atoms with van der Waals surface area (Å²) in [5, 5.41) is 2.45. The van der Waals surface area contributed by atoms with Crippen molar-refractivity contribution >= 4 is 5.91 Å². The first kappa shape index (κ1) is 18.5. The van der Waals surface area contributed by atoms with Crippen LogP contribution in [0.4, 0.5) is 17.6 Å². The largest absolute Gasteiger partial charge is 0.467 e. The SMILES string of the molecule is CC(OCC(F)(F)F)C(=O)NCCc1cc(F)cc2c1OCOC2. The monoisotopic (exact) mass is 351 g/mol. The molecule has 0 fully saturated rings. The van der Waals surface area contributed by atoms with Gasteiger partial charge < -0.3 is 19.5 Å². The highest BCUT2D eigenvalue weighted by Gasteiger charge is 2.29. The zero-order valence-corrected chi connectivity index (χ0v) is 12.9. The summed E-state index contributed by atoms with van der Waals surface area (Å²) < 4.78 is 64.5. The van der Waals surface area contributed by atoms with Crippen LogP contribution >= 0.6 is 0 Å². The molecular formula is C15H17F4NO4. The molecule has 0 radical (unpaired) electrons. The van der Waals surface area contributed by atoms with E-state index in [1.54, 1.807) is 0 Å². The number of hydrogen-bond acceptors (Lipinski definition) is 4. The van der Waals surface area contributed by atoms with Gasteiger partial charge in [-0.3, -0.25) is 4.79 Å². The molecule has 1 aliphatic rings. The summed E-state index contributed by atoms with van der Waals surface area (Å²) in [6.45, 7) is 0.131. The molecule has 0 spiro atoms. The molecular weight excluding hydrogens is 334 g/mol. The molecule has 5 nitrogen and oxygen atoms in total. The van der Waals surface area contributed by atoms with Crippen molar-refractivity contribution in [3.8, 4) is 5.75 Å². The average molecular weight is 351 g/mol. The van der Waals surface area contributed by atoms with Crippen LogP contribution in [0.3, 0.4) is 0 Å². The Morgan fingerprint density at radius 3 is 2.88 bits per heavy atom. The number of alkyl halides is 3. The smallest absolute Gasteiger partial charge is 0.411 e. The fourth-order valence-electron chi connectivity index (χ4n) is 2.20. The number of carbonyl (C=O) groups is 1. The fourth-order valence-corrected chi connectivity index (χ4v) is 2.20. The molecule has 0 aliphatic carbocycles. The predicted molar refractivity (Wildman–Crippen MR) is 74.9 cm³/mol. The lowest BCUT2D eigenvalue weighted by Crippen LogP contribution is -2.37. The minimum atomic E-state index is -4.49. The van der Waals surface area contributed by atoms with E-state index in [-0.39, 0.29) is 26.4 Å². The van der Waals surface area contributed by atoms with Gasteiger partial charge in [-0.05, 0) is 31.0 Å². The van der Waals surface area contributed by atoms with Crippen molar-refractivity contribution in [2.75, 3.05) is 19.9 Å². The van der Waals surface area contributed by atoms with Gasteiger partial charge in [-0.2, -0.15) is 13.2 Å². The van der Waals surface area contributed by atoms with Gasteiger partial charge >= 0.3 is 6.18 Å². The van der Waals surface area contributed by atoms with E-state index in [2.05, 4.69) is 10.1 Å². The summed E-state index contributed by atoms with van der Waals surface area (Å²) >= 11 is 0. The standard InChI is InChI=1S/C15H17F4NO4/c1-9(23-7-15(17,18)19)14(21)20-3-2-10-4-12(16)5-11-6-22-8-24-13(10)11/h4-5,9H,2-3,6-8H2,1H3,(H,20,21). The minimum Gasteiger partial charge on any atom is -0.467 e. The molecule has 2 rings (SSSR count). The maximum atomic E-state index is 13.6. The third-order valence-corrected chi connectivity index (χ3v) is 3.31. The molecule has 0 aromatic heterocycles. The van der Waals surface area contributed by atoms with Crippen LogP contribution in [0.2, 0.25) is 0 Å². The molecule has 24 heavy (non-hydrogen) atoms. The zero-order chi connectivity index (χ0) is 17.7. The lowest BCUT2D eigenvalue weighted by molar-refractivity contribution is -0.185. The summed E-state index contributed by atoms with van der Waals surface area (Å²) in [4.78, 5) is 11.7. The first-order chi connectivity index (χ1) is 11.3. The topological polar surface area (TPSA) is 56.8 Å². The van der Waals surface area contributed by atoms with E-state index in [4.69, 9.17) is 9.47 Å². The van der Waals surface area contributed by atoms with E-state index >= 15 is 0 Å². The molecule has 1 amide bonds. The van der Waals surface area contributed by atoms with Gasteiger partial charge in [0, 0.05) is 12.1 Å². The molecule has 1 unspecified atom stereocenters. The van der Waals surface area contributed by atoms with E-state index in [0.717, 1.165) is 0 Å². The number of carbonyl (C=O) groups excluding carboxylic acids is 1. The van der Waals surface area contributed by atoms with Gasteiger partial charge in [0.1, 0.15) is 24.3 Å². The number of halogens is 4. The van der Waals surface area contributed by atoms with Crippen molar-refractivity contribution in [1.82, 2.24) is 5.32 Å². The van der Waals surface area contributed by atoms with Crippen LogP contribution in [0.25, 0.3) is 0 Å². The molecule has 1 heterocycles. The molecule has 9 heteroatoms. The van der Waals surface area contributed by atoms with Crippen LogP contribution in [0.5, 0.6) is 5.75 Å². The average Bonchev–Trinajstić information content (AvgIpc) is 2.51. The number of fused-ring (bicyclic) bond motifs is 1. The van der Waals surface area contributed by atoms with E-state index in [9.17, 15) is 22.4 Å². The summed E-state index contributed by atoms with van der Waals surface area (Å²) in [7, 11) is 0. The van der Waals surface area contributed by atoms with Crippen molar-refractivity contribution in [2.45, 2.75) is 32.2 Å². The molecule has 1 aromatic rings. The van der Waals surface area contributed by atoms with E-state index in [1.165, 1.54) is 19.1 Å². The number of nitrogens with one attached hydrogen (secondary N) is 1. The summed E-state index contributed by atoms with van der Waals surface area (Å²) in [5.74, 6) is -0.613. The second-order valence-corrected chi connectivity index (χ2v) is 5.27. The quantitative estimate of drug-likeness (QED) is 0.800. The van der Waals surface area contributed by atoms with E-state index < -0.39 is 30.6 Å². The Morgan fingerprint density at radius 2 is 2.17 bits per heavy atom. The molecule has 1 aromatic carbocycles. The van der Waals surface area contributed by atoms with Gasteiger partial charge in [-0.25, -0.2) is 4.39 Å². The van der Waals surface area contributed by atoms with E-state index in [1.807, 2.05) is 0 Å². The van der Waals surface area contributed by atoms with Gasteiger partial charge in [0.05, 0.1) is 6.61 Å². The third kappa shape index (κ3) is 5.34. The number of hydrogen-bond donors (Lipinski definition) is 1. The Labute approximate surface area is 135 Å². The van der Waals surface area contributed by atoms with Crippen molar-refractivity contribution in [2.24, 2.45) is 0 Å². The van der Waals surface area contributed by atoms with Crippen LogP contribution in [-0.2, 0) is 27.3 Å². The Kier molecular flexibility index (Phi) is 6.00. The minimum absolute atomic E-state index is 0.0559. The van der Waals surface area contributed by atoms with Crippen LogP contribution in [0.15, 0.2) is 12.1 Å².